The number of amides is 1. The summed E-state index contributed by atoms with van der Waals surface area (Å²) in [6, 6.07) is 7.45. The number of aryl methyl sites for hydroxylation is 1. The van der Waals surface area contributed by atoms with Crippen molar-refractivity contribution >= 4 is 11.6 Å². The van der Waals surface area contributed by atoms with E-state index in [1.807, 2.05) is 35.8 Å². The maximum absolute atomic E-state index is 12.7. The number of ether oxygens (including phenoxy) is 1. The molecule has 25 heavy (non-hydrogen) atoms. The molecule has 7 heteroatoms. The minimum atomic E-state index is -0.236. The van der Waals surface area contributed by atoms with E-state index in [4.69, 9.17) is 4.74 Å². The van der Waals surface area contributed by atoms with Gasteiger partial charge in [-0.3, -0.25) is 14.3 Å². The van der Waals surface area contributed by atoms with Crippen molar-refractivity contribution in [2.24, 2.45) is 0 Å². The van der Waals surface area contributed by atoms with Crippen LogP contribution in [0.25, 0.3) is 5.69 Å². The summed E-state index contributed by atoms with van der Waals surface area (Å²) in [5.41, 5.74) is 1.68. The molecule has 1 aliphatic heterocycles. The lowest BCUT2D eigenvalue weighted by Gasteiger charge is -2.34. The van der Waals surface area contributed by atoms with Gasteiger partial charge in [-0.25, -0.2) is 0 Å². The van der Waals surface area contributed by atoms with E-state index in [9.17, 15) is 4.79 Å². The summed E-state index contributed by atoms with van der Waals surface area (Å²) < 4.78 is 7.41. The molecule has 1 unspecified atom stereocenters. The van der Waals surface area contributed by atoms with Crippen LogP contribution in [0.1, 0.15) is 25.6 Å². The number of aromatic nitrogens is 3. The van der Waals surface area contributed by atoms with Crippen LogP contribution in [0.4, 0.5) is 5.69 Å². The number of unbranched alkanes of at least 4 members (excludes halogenated alkanes) is 1. The monoisotopic (exact) mass is 343 g/mol. The number of anilines is 1. The highest BCUT2D eigenvalue weighted by Crippen LogP contribution is 2.17. The fraction of sp³-hybridized carbons (Fsp3) is 0.500. The van der Waals surface area contributed by atoms with Crippen LogP contribution in [-0.4, -0.2) is 57.9 Å². The van der Waals surface area contributed by atoms with E-state index < -0.39 is 0 Å². The Morgan fingerprint density at radius 2 is 2.32 bits per heavy atom. The van der Waals surface area contributed by atoms with Crippen molar-refractivity contribution in [3.05, 3.63) is 36.4 Å². The van der Waals surface area contributed by atoms with Gasteiger partial charge in [-0.1, -0.05) is 19.4 Å². The lowest BCUT2D eigenvalue weighted by molar-refractivity contribution is -0.127. The van der Waals surface area contributed by atoms with Gasteiger partial charge in [0.25, 0.3) is 0 Å². The average molecular weight is 343 g/mol. The van der Waals surface area contributed by atoms with Crippen molar-refractivity contribution in [1.82, 2.24) is 19.7 Å². The molecule has 1 amide bonds. The number of morpholine rings is 1. The van der Waals surface area contributed by atoms with Crippen LogP contribution >= 0.6 is 0 Å². The molecule has 7 nitrogen and oxygen atoms in total. The minimum Gasteiger partial charge on any atom is -0.378 e. The molecule has 134 valence electrons. The zero-order chi connectivity index (χ0) is 17.6. The molecule has 2 heterocycles. The molecule has 1 saturated heterocycles. The lowest BCUT2D eigenvalue weighted by Crippen LogP contribution is -2.52. The molecule has 1 aromatic carbocycles. The van der Waals surface area contributed by atoms with Gasteiger partial charge in [-0.15, -0.1) is 10.2 Å². The first-order valence-corrected chi connectivity index (χ1v) is 8.78. The Morgan fingerprint density at radius 3 is 3.08 bits per heavy atom. The smallest absolute Gasteiger partial charge is 0.244 e. The Morgan fingerprint density at radius 1 is 1.44 bits per heavy atom. The molecule has 1 N–H and O–H groups in total. The second-order valence-corrected chi connectivity index (χ2v) is 6.27. The first-order valence-electron chi connectivity index (χ1n) is 8.78. The molecule has 1 aromatic heterocycles. The Hall–Kier alpha value is -2.25. The number of carbonyl (C=O) groups excluding carboxylic acids is 1. The summed E-state index contributed by atoms with van der Waals surface area (Å²) in [7, 11) is 0. The summed E-state index contributed by atoms with van der Waals surface area (Å²) in [5, 5.41) is 10.9. The fourth-order valence-electron chi connectivity index (χ4n) is 3.01. The van der Waals surface area contributed by atoms with E-state index in [1.54, 1.807) is 6.33 Å². The number of nitrogens with zero attached hydrogens (tertiary/aromatic N) is 4. The third-order valence-electron chi connectivity index (χ3n) is 4.45. The highest BCUT2D eigenvalue weighted by molar-refractivity contribution is 5.95. The van der Waals surface area contributed by atoms with Gasteiger partial charge in [-0.2, -0.15) is 0 Å². The molecule has 0 radical (unpaired) electrons. The molecular formula is C18H25N5O2. The van der Waals surface area contributed by atoms with Gasteiger partial charge < -0.3 is 10.1 Å². The molecule has 3 rings (SSSR count). The standard InChI is InChI=1S/C18H25N5O2/c1-3-4-8-22-9-10-25-12-17(22)18(24)20-15-6-5-7-16(11-15)23-13-19-21-14(23)2/h5-7,11,13,17H,3-4,8-10,12H2,1-2H3,(H,20,24). The summed E-state index contributed by atoms with van der Waals surface area (Å²) in [5.74, 6) is 0.781. The van der Waals surface area contributed by atoms with E-state index >= 15 is 0 Å². The van der Waals surface area contributed by atoms with E-state index in [2.05, 4.69) is 27.3 Å². The Balaban J connectivity index is 1.71. The van der Waals surface area contributed by atoms with Crippen molar-refractivity contribution in [2.45, 2.75) is 32.7 Å². The van der Waals surface area contributed by atoms with Crippen LogP contribution in [0.2, 0.25) is 0 Å². The topological polar surface area (TPSA) is 72.3 Å². The molecule has 0 bridgehead atoms. The molecule has 0 saturated carbocycles. The van der Waals surface area contributed by atoms with Crippen molar-refractivity contribution in [3.8, 4) is 5.69 Å². The Kier molecular flexibility index (Phi) is 5.78. The van der Waals surface area contributed by atoms with Crippen LogP contribution in [0, 0.1) is 6.92 Å². The van der Waals surface area contributed by atoms with E-state index in [-0.39, 0.29) is 11.9 Å². The summed E-state index contributed by atoms with van der Waals surface area (Å²) in [4.78, 5) is 15.0. The zero-order valence-electron chi connectivity index (χ0n) is 14.8. The first kappa shape index (κ1) is 17.6. The molecule has 0 aliphatic carbocycles. The van der Waals surface area contributed by atoms with Crippen LogP contribution in [0.3, 0.4) is 0 Å². The summed E-state index contributed by atoms with van der Waals surface area (Å²) in [6.07, 6.45) is 3.87. The van der Waals surface area contributed by atoms with Crippen molar-refractivity contribution in [2.75, 3.05) is 31.6 Å². The lowest BCUT2D eigenvalue weighted by atomic mass is 10.1. The van der Waals surface area contributed by atoms with Gasteiger partial charge in [0.2, 0.25) is 5.91 Å². The number of benzene rings is 1. The number of carbonyl (C=O) groups is 1. The Labute approximate surface area is 148 Å². The predicted octanol–water partition coefficient (Wildman–Crippen LogP) is 2.02. The maximum atomic E-state index is 12.7. The number of hydrogen-bond donors (Lipinski definition) is 1. The van der Waals surface area contributed by atoms with Crippen molar-refractivity contribution in [3.63, 3.8) is 0 Å². The average Bonchev–Trinajstić information content (AvgIpc) is 3.06. The van der Waals surface area contributed by atoms with Crippen molar-refractivity contribution < 1.29 is 9.53 Å². The quantitative estimate of drug-likeness (QED) is 0.869. The molecule has 0 spiro atoms. The summed E-state index contributed by atoms with van der Waals surface area (Å²) >= 11 is 0. The van der Waals surface area contributed by atoms with Crippen LogP contribution in [-0.2, 0) is 9.53 Å². The number of nitrogens with one attached hydrogen (secondary N) is 1. The van der Waals surface area contributed by atoms with Crippen LogP contribution < -0.4 is 5.32 Å². The highest BCUT2D eigenvalue weighted by Gasteiger charge is 2.29. The molecule has 2 aromatic rings. The largest absolute Gasteiger partial charge is 0.378 e. The van der Waals surface area contributed by atoms with Gasteiger partial charge in [0.15, 0.2) is 0 Å². The van der Waals surface area contributed by atoms with Crippen LogP contribution in [0.15, 0.2) is 30.6 Å². The third kappa shape index (κ3) is 4.24. The van der Waals surface area contributed by atoms with E-state index in [0.29, 0.717) is 13.2 Å². The van der Waals surface area contributed by atoms with E-state index in [1.165, 1.54) is 0 Å². The zero-order valence-corrected chi connectivity index (χ0v) is 14.8. The van der Waals surface area contributed by atoms with Gasteiger partial charge in [0.1, 0.15) is 18.2 Å². The third-order valence-corrected chi connectivity index (χ3v) is 4.45. The maximum Gasteiger partial charge on any atom is 0.244 e. The summed E-state index contributed by atoms with van der Waals surface area (Å²) in [6.45, 7) is 6.92. The fourth-order valence-corrected chi connectivity index (χ4v) is 3.01. The van der Waals surface area contributed by atoms with Crippen molar-refractivity contribution in [1.29, 1.82) is 0 Å². The van der Waals surface area contributed by atoms with Gasteiger partial charge in [-0.05, 0) is 38.1 Å². The second-order valence-electron chi connectivity index (χ2n) is 6.27. The normalized spacial score (nSPS) is 18.2. The molecule has 1 aliphatic rings. The van der Waals surface area contributed by atoms with Gasteiger partial charge in [0.05, 0.1) is 18.9 Å². The van der Waals surface area contributed by atoms with Gasteiger partial charge >= 0.3 is 0 Å². The minimum absolute atomic E-state index is 0.0200. The first-order chi connectivity index (χ1) is 12.2. The number of hydrogen-bond acceptors (Lipinski definition) is 5. The molecular weight excluding hydrogens is 318 g/mol. The van der Waals surface area contributed by atoms with Crippen LogP contribution in [0.5, 0.6) is 0 Å². The molecule has 1 atom stereocenters. The SMILES string of the molecule is CCCCN1CCOCC1C(=O)Nc1cccc(-n2cnnc2C)c1. The molecule has 1 fully saturated rings. The van der Waals surface area contributed by atoms with Gasteiger partial charge in [0, 0.05) is 12.2 Å². The Bertz CT molecular complexity index is 715. The second kappa shape index (κ2) is 8.22. The number of rotatable bonds is 6. The highest BCUT2D eigenvalue weighted by atomic mass is 16.5. The predicted molar refractivity (Wildman–Crippen MR) is 95.8 cm³/mol. The van der Waals surface area contributed by atoms with E-state index in [0.717, 1.165) is 43.1 Å².